The number of quaternary nitrogens is 1. The molecule has 25 heavy (non-hydrogen) atoms. The molecule has 2 aromatic carbocycles. The Hall–Kier alpha value is -2.60. The van der Waals surface area contributed by atoms with Crippen LogP contribution in [-0.4, -0.2) is 39.3 Å². The third kappa shape index (κ3) is 6.43. The third-order valence-corrected chi connectivity index (χ3v) is 3.80. The lowest BCUT2D eigenvalue weighted by Gasteiger charge is -2.17. The quantitative estimate of drug-likeness (QED) is 0.727. The molecule has 1 amide bonds. The standard InChI is InChI=1S/C19H23FN2O3/c1-3-22(11-12-25-17-9-7-15(20)8-10-17)14-19(23)21-16-5-4-6-18(13-16)24-2/h4-10,13H,3,11-12,14H2,1-2H3,(H,21,23)/p+1. The van der Waals surface area contributed by atoms with Gasteiger partial charge >= 0.3 is 0 Å². The first-order chi connectivity index (χ1) is 12.1. The zero-order chi connectivity index (χ0) is 18.1. The van der Waals surface area contributed by atoms with Gasteiger partial charge in [0, 0.05) is 11.8 Å². The van der Waals surface area contributed by atoms with Gasteiger partial charge in [-0.3, -0.25) is 4.79 Å². The molecule has 0 aliphatic carbocycles. The summed E-state index contributed by atoms with van der Waals surface area (Å²) in [4.78, 5) is 13.3. The lowest BCUT2D eigenvalue weighted by atomic mass is 10.3. The first kappa shape index (κ1) is 18.7. The second-order valence-corrected chi connectivity index (χ2v) is 5.61. The van der Waals surface area contributed by atoms with Crippen molar-refractivity contribution >= 4 is 11.6 Å². The van der Waals surface area contributed by atoms with Crippen molar-refractivity contribution in [2.24, 2.45) is 0 Å². The normalized spacial score (nSPS) is 11.6. The van der Waals surface area contributed by atoms with Crippen LogP contribution in [0.5, 0.6) is 11.5 Å². The van der Waals surface area contributed by atoms with E-state index in [9.17, 15) is 9.18 Å². The highest BCUT2D eigenvalue weighted by molar-refractivity contribution is 5.91. The topological polar surface area (TPSA) is 52.0 Å². The molecule has 5 nitrogen and oxygen atoms in total. The van der Waals surface area contributed by atoms with Crippen LogP contribution in [0.15, 0.2) is 48.5 Å². The zero-order valence-corrected chi connectivity index (χ0v) is 14.5. The fraction of sp³-hybridized carbons (Fsp3) is 0.316. The van der Waals surface area contributed by atoms with E-state index in [1.54, 1.807) is 25.3 Å². The molecular weight excluding hydrogens is 323 g/mol. The van der Waals surface area contributed by atoms with Crippen molar-refractivity contribution in [1.82, 2.24) is 0 Å². The molecule has 0 fully saturated rings. The van der Waals surface area contributed by atoms with Crippen molar-refractivity contribution in [2.45, 2.75) is 6.92 Å². The molecule has 0 aliphatic rings. The van der Waals surface area contributed by atoms with Gasteiger partial charge < -0.3 is 19.7 Å². The van der Waals surface area contributed by atoms with Crippen molar-refractivity contribution in [3.63, 3.8) is 0 Å². The number of hydrogen-bond donors (Lipinski definition) is 2. The van der Waals surface area contributed by atoms with E-state index in [4.69, 9.17) is 9.47 Å². The predicted octanol–water partition coefficient (Wildman–Crippen LogP) is 1.76. The highest BCUT2D eigenvalue weighted by Gasteiger charge is 2.13. The van der Waals surface area contributed by atoms with Crippen LogP contribution in [0, 0.1) is 5.82 Å². The van der Waals surface area contributed by atoms with Crippen LogP contribution in [0.4, 0.5) is 10.1 Å². The van der Waals surface area contributed by atoms with Gasteiger partial charge in [0.2, 0.25) is 0 Å². The highest BCUT2D eigenvalue weighted by atomic mass is 19.1. The number of amides is 1. The first-order valence-electron chi connectivity index (χ1n) is 8.26. The summed E-state index contributed by atoms with van der Waals surface area (Å²) in [5, 5.41) is 2.87. The molecular formula is C19H24FN2O3+. The Morgan fingerprint density at radius 1 is 1.16 bits per heavy atom. The molecule has 6 heteroatoms. The number of methoxy groups -OCH3 is 1. The van der Waals surface area contributed by atoms with Crippen LogP contribution in [0.2, 0.25) is 0 Å². The Morgan fingerprint density at radius 3 is 2.60 bits per heavy atom. The molecule has 1 unspecified atom stereocenters. The highest BCUT2D eigenvalue weighted by Crippen LogP contribution is 2.16. The second kappa shape index (κ2) is 9.64. The number of benzene rings is 2. The van der Waals surface area contributed by atoms with Crippen molar-refractivity contribution in [3.8, 4) is 11.5 Å². The maximum absolute atomic E-state index is 12.8. The number of nitrogens with one attached hydrogen (secondary N) is 2. The summed E-state index contributed by atoms with van der Waals surface area (Å²) in [7, 11) is 1.59. The molecule has 0 spiro atoms. The minimum atomic E-state index is -0.289. The molecule has 0 bridgehead atoms. The van der Waals surface area contributed by atoms with Gasteiger partial charge in [-0.05, 0) is 43.3 Å². The smallest absolute Gasteiger partial charge is 0.279 e. The van der Waals surface area contributed by atoms with Crippen molar-refractivity contribution in [3.05, 3.63) is 54.3 Å². The van der Waals surface area contributed by atoms with Gasteiger partial charge in [0.15, 0.2) is 6.54 Å². The molecule has 1 atom stereocenters. The van der Waals surface area contributed by atoms with Crippen LogP contribution >= 0.6 is 0 Å². The van der Waals surface area contributed by atoms with Crippen LogP contribution in [0.1, 0.15) is 6.92 Å². The van der Waals surface area contributed by atoms with Gasteiger partial charge in [0.05, 0.1) is 13.7 Å². The predicted molar refractivity (Wildman–Crippen MR) is 94.8 cm³/mol. The maximum atomic E-state index is 12.8. The molecule has 0 saturated carbocycles. The Morgan fingerprint density at radius 2 is 1.92 bits per heavy atom. The van der Waals surface area contributed by atoms with E-state index < -0.39 is 0 Å². The lowest BCUT2D eigenvalue weighted by Crippen LogP contribution is -3.13. The average molecular weight is 347 g/mol. The number of halogens is 1. The van der Waals surface area contributed by atoms with E-state index in [1.165, 1.54) is 12.1 Å². The van der Waals surface area contributed by atoms with Crippen LogP contribution in [-0.2, 0) is 4.79 Å². The molecule has 0 heterocycles. The van der Waals surface area contributed by atoms with Gasteiger partial charge in [0.1, 0.15) is 30.5 Å². The third-order valence-electron chi connectivity index (χ3n) is 3.80. The Kier molecular flexibility index (Phi) is 7.22. The summed E-state index contributed by atoms with van der Waals surface area (Å²) in [6.07, 6.45) is 0. The fourth-order valence-electron chi connectivity index (χ4n) is 2.37. The number of hydrogen-bond acceptors (Lipinski definition) is 3. The van der Waals surface area contributed by atoms with Gasteiger partial charge in [-0.15, -0.1) is 0 Å². The largest absolute Gasteiger partial charge is 0.497 e. The minimum absolute atomic E-state index is 0.0631. The van der Waals surface area contributed by atoms with Gasteiger partial charge in [0.25, 0.3) is 5.91 Å². The van der Waals surface area contributed by atoms with Gasteiger partial charge in [-0.25, -0.2) is 4.39 Å². The molecule has 134 valence electrons. The SMILES string of the molecule is CC[NH+](CCOc1ccc(F)cc1)CC(=O)Nc1cccc(OC)c1. The maximum Gasteiger partial charge on any atom is 0.279 e. The van der Waals surface area contributed by atoms with Crippen molar-refractivity contribution in [2.75, 3.05) is 38.7 Å². The molecule has 0 aliphatic heterocycles. The summed E-state index contributed by atoms with van der Waals surface area (Å²) < 4.78 is 23.6. The second-order valence-electron chi connectivity index (χ2n) is 5.61. The minimum Gasteiger partial charge on any atom is -0.497 e. The number of ether oxygens (including phenoxy) is 2. The summed E-state index contributed by atoms with van der Waals surface area (Å²) in [6.45, 7) is 4.31. The lowest BCUT2D eigenvalue weighted by molar-refractivity contribution is -0.889. The van der Waals surface area contributed by atoms with Crippen molar-refractivity contribution < 1.29 is 23.6 Å². The van der Waals surface area contributed by atoms with Crippen LogP contribution in [0.25, 0.3) is 0 Å². The van der Waals surface area contributed by atoms with E-state index in [1.807, 2.05) is 25.1 Å². The van der Waals surface area contributed by atoms with E-state index in [0.29, 0.717) is 36.9 Å². The summed E-state index contributed by atoms with van der Waals surface area (Å²) in [5.74, 6) is 0.970. The van der Waals surface area contributed by atoms with E-state index in [0.717, 1.165) is 11.4 Å². The summed E-state index contributed by atoms with van der Waals surface area (Å²) in [6, 6.07) is 13.2. The summed E-state index contributed by atoms with van der Waals surface area (Å²) in [5.41, 5.74) is 0.711. The van der Waals surface area contributed by atoms with Gasteiger partial charge in [-0.1, -0.05) is 6.07 Å². The molecule has 0 radical (unpaired) electrons. The number of carbonyl (C=O) groups is 1. The van der Waals surface area contributed by atoms with Crippen LogP contribution in [0.3, 0.4) is 0 Å². The average Bonchev–Trinajstić information content (AvgIpc) is 2.62. The first-order valence-corrected chi connectivity index (χ1v) is 8.26. The number of rotatable bonds is 9. The molecule has 2 aromatic rings. The molecule has 2 N–H and O–H groups in total. The molecule has 2 rings (SSSR count). The summed E-state index contributed by atoms with van der Waals surface area (Å²) >= 11 is 0. The van der Waals surface area contributed by atoms with E-state index in [2.05, 4.69) is 5.32 Å². The number of carbonyl (C=O) groups excluding carboxylic acids is 1. The molecule has 0 aromatic heterocycles. The Labute approximate surface area is 147 Å². The fourth-order valence-corrected chi connectivity index (χ4v) is 2.37. The van der Waals surface area contributed by atoms with E-state index >= 15 is 0 Å². The molecule has 0 saturated heterocycles. The monoisotopic (exact) mass is 347 g/mol. The number of anilines is 1. The Balaban J connectivity index is 1.77. The van der Waals surface area contributed by atoms with Crippen LogP contribution < -0.4 is 19.7 Å². The van der Waals surface area contributed by atoms with Gasteiger partial charge in [-0.2, -0.15) is 0 Å². The Bertz CT molecular complexity index is 677. The zero-order valence-electron chi connectivity index (χ0n) is 14.5. The number of likely N-dealkylation sites (N-methyl/N-ethyl adjacent to an activating group) is 1. The van der Waals surface area contributed by atoms with Crippen molar-refractivity contribution in [1.29, 1.82) is 0 Å². The van der Waals surface area contributed by atoms with E-state index in [-0.39, 0.29) is 11.7 Å².